The van der Waals surface area contributed by atoms with Gasteiger partial charge in [-0.05, 0) is 45.0 Å². The maximum absolute atomic E-state index is 12.0. The summed E-state index contributed by atoms with van der Waals surface area (Å²) in [6, 6.07) is 16.8. The highest BCUT2D eigenvalue weighted by atomic mass is 16.3. The number of carbonyl (C=O) groups excluding carboxylic acids is 1. The van der Waals surface area contributed by atoms with Crippen LogP contribution in [0.25, 0.3) is 21.8 Å². The number of amides is 1. The van der Waals surface area contributed by atoms with Crippen molar-refractivity contribution in [1.29, 1.82) is 0 Å². The summed E-state index contributed by atoms with van der Waals surface area (Å²) in [7, 11) is 0. The predicted molar refractivity (Wildman–Crippen MR) is 113 cm³/mol. The van der Waals surface area contributed by atoms with Crippen LogP contribution in [0.3, 0.4) is 0 Å². The number of benzene rings is 2. The van der Waals surface area contributed by atoms with Gasteiger partial charge in [-0.3, -0.25) is 4.79 Å². The van der Waals surface area contributed by atoms with Crippen LogP contribution in [0.5, 0.6) is 0 Å². The zero-order chi connectivity index (χ0) is 19.5. The summed E-state index contributed by atoms with van der Waals surface area (Å²) >= 11 is 0. The lowest BCUT2D eigenvalue weighted by Gasteiger charge is -2.32. The van der Waals surface area contributed by atoms with Gasteiger partial charge in [-0.1, -0.05) is 36.4 Å². The largest absolute Gasteiger partial charge is 0.390 e. The first-order valence-corrected chi connectivity index (χ1v) is 10.3. The quantitative estimate of drug-likeness (QED) is 0.692. The van der Waals surface area contributed by atoms with Crippen LogP contribution < -0.4 is 5.32 Å². The zero-order valence-electron chi connectivity index (χ0n) is 16.5. The number of rotatable bonds is 6. The molecule has 2 N–H and O–H groups in total. The van der Waals surface area contributed by atoms with E-state index in [4.69, 9.17) is 0 Å². The number of β-amino-alcohol motifs (C(OH)–C–C–N with tert-alkyl or cyclic N) is 1. The molecule has 1 aliphatic heterocycles. The molecule has 1 unspecified atom stereocenters. The lowest BCUT2D eigenvalue weighted by Crippen LogP contribution is -2.43. The first kappa shape index (κ1) is 19.0. The Kier molecular flexibility index (Phi) is 5.64. The van der Waals surface area contributed by atoms with Gasteiger partial charge >= 0.3 is 0 Å². The minimum atomic E-state index is -0.444. The van der Waals surface area contributed by atoms with E-state index < -0.39 is 6.10 Å². The average molecular weight is 380 g/mol. The van der Waals surface area contributed by atoms with E-state index in [1.165, 1.54) is 10.8 Å². The maximum Gasteiger partial charge on any atom is 0.223 e. The Hall–Kier alpha value is -2.37. The summed E-state index contributed by atoms with van der Waals surface area (Å²) in [4.78, 5) is 14.3. The Morgan fingerprint density at radius 2 is 1.61 bits per heavy atom. The van der Waals surface area contributed by atoms with Gasteiger partial charge in [0.2, 0.25) is 5.91 Å². The fraction of sp³-hybridized carbons (Fsp3) is 0.435. The summed E-state index contributed by atoms with van der Waals surface area (Å²) in [6.07, 6.45) is 1.29. The van der Waals surface area contributed by atoms with Gasteiger partial charge in [0, 0.05) is 40.8 Å². The van der Waals surface area contributed by atoms with Crippen LogP contribution in [0.1, 0.15) is 19.8 Å². The van der Waals surface area contributed by atoms with Crippen LogP contribution in [0, 0.1) is 5.92 Å². The Balaban J connectivity index is 1.43. The normalized spacial score (nSPS) is 17.2. The standard InChI is InChI=1S/C23H29N3O2/c1-2-24-23(28)17-11-13-25(14-12-17)15-18(27)16-26-21-9-5-3-7-19(21)20-8-4-6-10-22(20)26/h3-10,17-18,27H,2,11-16H2,1H3,(H,24,28). The van der Waals surface area contributed by atoms with Crippen molar-refractivity contribution in [2.45, 2.75) is 32.4 Å². The lowest BCUT2D eigenvalue weighted by atomic mass is 9.95. The van der Waals surface area contributed by atoms with Crippen LogP contribution in [0.2, 0.25) is 0 Å². The molecule has 28 heavy (non-hydrogen) atoms. The van der Waals surface area contributed by atoms with Crippen LogP contribution in [-0.2, 0) is 11.3 Å². The monoisotopic (exact) mass is 379 g/mol. The second-order valence-electron chi connectivity index (χ2n) is 7.77. The van der Waals surface area contributed by atoms with E-state index in [9.17, 15) is 9.90 Å². The van der Waals surface area contributed by atoms with E-state index in [1.807, 2.05) is 6.92 Å². The van der Waals surface area contributed by atoms with Crippen molar-refractivity contribution in [2.75, 3.05) is 26.2 Å². The van der Waals surface area contributed by atoms with Gasteiger partial charge in [0.05, 0.1) is 12.6 Å². The van der Waals surface area contributed by atoms with E-state index >= 15 is 0 Å². The van der Waals surface area contributed by atoms with Crippen LogP contribution in [0.15, 0.2) is 48.5 Å². The molecule has 2 aromatic carbocycles. The minimum absolute atomic E-state index is 0.116. The number of hydrogen-bond donors (Lipinski definition) is 2. The molecule has 3 aromatic rings. The first-order chi connectivity index (χ1) is 13.7. The van der Waals surface area contributed by atoms with Gasteiger partial charge in [-0.15, -0.1) is 0 Å². The summed E-state index contributed by atoms with van der Waals surface area (Å²) in [6.45, 7) is 5.60. The number of nitrogens with one attached hydrogen (secondary N) is 1. The third-order valence-corrected chi connectivity index (χ3v) is 5.85. The van der Waals surface area contributed by atoms with Crippen LogP contribution in [0.4, 0.5) is 0 Å². The second-order valence-corrected chi connectivity index (χ2v) is 7.77. The van der Waals surface area contributed by atoms with E-state index in [0.717, 1.165) is 37.0 Å². The van der Waals surface area contributed by atoms with E-state index in [-0.39, 0.29) is 11.8 Å². The number of carbonyl (C=O) groups is 1. The van der Waals surface area contributed by atoms with E-state index in [1.54, 1.807) is 0 Å². The molecule has 1 fully saturated rings. The molecule has 1 saturated heterocycles. The lowest BCUT2D eigenvalue weighted by molar-refractivity contribution is -0.126. The van der Waals surface area contributed by atoms with Crippen molar-refractivity contribution >= 4 is 27.7 Å². The van der Waals surface area contributed by atoms with E-state index in [0.29, 0.717) is 19.6 Å². The highest BCUT2D eigenvalue weighted by molar-refractivity contribution is 6.07. The molecule has 2 heterocycles. The fourth-order valence-corrected chi connectivity index (χ4v) is 4.46. The minimum Gasteiger partial charge on any atom is -0.390 e. The van der Waals surface area contributed by atoms with Crippen molar-refractivity contribution in [3.63, 3.8) is 0 Å². The highest BCUT2D eigenvalue weighted by Gasteiger charge is 2.25. The maximum atomic E-state index is 12.0. The van der Waals surface area contributed by atoms with Crippen LogP contribution >= 0.6 is 0 Å². The molecule has 0 saturated carbocycles. The number of fused-ring (bicyclic) bond motifs is 3. The topological polar surface area (TPSA) is 57.5 Å². The van der Waals surface area contributed by atoms with Crippen molar-refractivity contribution < 1.29 is 9.90 Å². The van der Waals surface area contributed by atoms with Crippen molar-refractivity contribution in [1.82, 2.24) is 14.8 Å². The molecule has 0 radical (unpaired) electrons. The number of likely N-dealkylation sites (tertiary alicyclic amines) is 1. The Morgan fingerprint density at radius 3 is 2.18 bits per heavy atom. The number of para-hydroxylation sites is 2. The van der Waals surface area contributed by atoms with Gasteiger partial charge in [-0.25, -0.2) is 0 Å². The molecular weight excluding hydrogens is 350 g/mol. The molecule has 0 spiro atoms. The summed E-state index contributed by atoms with van der Waals surface area (Å²) in [5.74, 6) is 0.290. The molecule has 0 aliphatic carbocycles. The smallest absolute Gasteiger partial charge is 0.223 e. The number of piperidine rings is 1. The molecule has 0 bridgehead atoms. The summed E-state index contributed by atoms with van der Waals surface area (Å²) < 4.78 is 2.23. The Morgan fingerprint density at radius 1 is 1.04 bits per heavy atom. The fourth-order valence-electron chi connectivity index (χ4n) is 4.46. The zero-order valence-corrected chi connectivity index (χ0v) is 16.5. The third kappa shape index (κ3) is 3.77. The molecule has 5 heteroatoms. The third-order valence-electron chi connectivity index (χ3n) is 5.85. The molecule has 148 valence electrons. The number of hydrogen-bond acceptors (Lipinski definition) is 3. The molecule has 1 aliphatic rings. The van der Waals surface area contributed by atoms with Gasteiger partial charge < -0.3 is 19.9 Å². The highest BCUT2D eigenvalue weighted by Crippen LogP contribution is 2.29. The van der Waals surface area contributed by atoms with Gasteiger partial charge in [0.25, 0.3) is 0 Å². The first-order valence-electron chi connectivity index (χ1n) is 10.3. The number of nitrogens with zero attached hydrogens (tertiary/aromatic N) is 2. The van der Waals surface area contributed by atoms with Crippen molar-refractivity contribution in [3.8, 4) is 0 Å². The second kappa shape index (κ2) is 8.33. The summed E-state index contributed by atoms with van der Waals surface area (Å²) in [5, 5.41) is 16.2. The SMILES string of the molecule is CCNC(=O)C1CCN(CC(O)Cn2c3ccccc3c3ccccc32)CC1. The molecule has 5 nitrogen and oxygen atoms in total. The van der Waals surface area contributed by atoms with Gasteiger partial charge in [-0.2, -0.15) is 0 Å². The predicted octanol–water partition coefficient (Wildman–Crippen LogP) is 3.00. The Labute approximate surface area is 165 Å². The van der Waals surface area contributed by atoms with Gasteiger partial charge in [0.15, 0.2) is 0 Å². The van der Waals surface area contributed by atoms with Crippen LogP contribution in [-0.4, -0.2) is 52.8 Å². The molecule has 1 aromatic heterocycles. The number of aromatic nitrogens is 1. The van der Waals surface area contributed by atoms with Gasteiger partial charge in [0.1, 0.15) is 0 Å². The molecule has 1 atom stereocenters. The van der Waals surface area contributed by atoms with E-state index in [2.05, 4.69) is 63.3 Å². The molecular formula is C23H29N3O2. The van der Waals surface area contributed by atoms with Crippen molar-refractivity contribution in [3.05, 3.63) is 48.5 Å². The number of aliphatic hydroxyl groups excluding tert-OH is 1. The van der Waals surface area contributed by atoms with Crippen molar-refractivity contribution in [2.24, 2.45) is 5.92 Å². The molecule has 4 rings (SSSR count). The molecule has 1 amide bonds. The average Bonchev–Trinajstić information content (AvgIpc) is 3.03. The summed E-state index contributed by atoms with van der Waals surface area (Å²) in [5.41, 5.74) is 2.33. The number of aliphatic hydroxyl groups is 1. The Bertz CT molecular complexity index is 904.